The third-order valence-corrected chi connectivity index (χ3v) is 7.71. The number of H-pyrrole nitrogens is 2. The zero-order chi connectivity index (χ0) is 25.9. The second-order valence-corrected chi connectivity index (χ2v) is 11.3. The molecule has 8 heteroatoms. The van der Waals surface area contributed by atoms with E-state index in [2.05, 4.69) is 15.3 Å². The summed E-state index contributed by atoms with van der Waals surface area (Å²) in [6, 6.07) is 18.5. The number of carbonyl (C=O) groups excluding carboxylic acids is 3. The standard InChI is InChI=1S/C29H31N5O3/c1-29(2,3)25(32-26(35)23-12-17-8-4-6-10-21(17)30-23)28(37)34-16-19-14-20(34)15-33(19)27(36)24-13-18-9-5-7-11-22(18)31-24/h4-13,19-20,25,30-31H,14-16H2,1-3H3,(H,32,35)/t19-,20+,25+/m1/s1. The third-order valence-electron chi connectivity index (χ3n) is 7.71. The summed E-state index contributed by atoms with van der Waals surface area (Å²) >= 11 is 0. The summed E-state index contributed by atoms with van der Waals surface area (Å²) in [5.74, 6) is -0.429. The molecular weight excluding hydrogens is 466 g/mol. The fraction of sp³-hybridized carbons (Fsp3) is 0.345. The summed E-state index contributed by atoms with van der Waals surface area (Å²) in [5.41, 5.74) is 2.33. The summed E-state index contributed by atoms with van der Waals surface area (Å²) < 4.78 is 0. The van der Waals surface area contributed by atoms with Crippen molar-refractivity contribution in [2.45, 2.75) is 45.3 Å². The molecule has 4 aromatic rings. The van der Waals surface area contributed by atoms with Crippen LogP contribution in [0.3, 0.4) is 0 Å². The van der Waals surface area contributed by atoms with Crippen LogP contribution in [0.25, 0.3) is 21.8 Å². The van der Waals surface area contributed by atoms with Gasteiger partial charge in [0.15, 0.2) is 0 Å². The zero-order valence-corrected chi connectivity index (χ0v) is 21.2. The van der Waals surface area contributed by atoms with Crippen LogP contribution < -0.4 is 5.32 Å². The fourth-order valence-corrected chi connectivity index (χ4v) is 5.75. The molecule has 2 aliphatic rings. The van der Waals surface area contributed by atoms with Gasteiger partial charge in [-0.15, -0.1) is 0 Å². The SMILES string of the molecule is CC(C)(C)[C@@H](NC(=O)c1cc2ccccc2[nH]1)C(=O)N1C[C@H]2C[C@H]1CN2C(=O)c1cc2ccccc2[nH]1. The fourth-order valence-electron chi connectivity index (χ4n) is 5.75. The first kappa shape index (κ1) is 23.3. The van der Waals surface area contributed by atoms with Gasteiger partial charge in [0.1, 0.15) is 17.4 Å². The van der Waals surface area contributed by atoms with E-state index in [0.29, 0.717) is 24.5 Å². The number of para-hydroxylation sites is 2. The number of hydrogen-bond acceptors (Lipinski definition) is 3. The van der Waals surface area contributed by atoms with E-state index in [1.54, 1.807) is 6.07 Å². The quantitative estimate of drug-likeness (QED) is 0.398. The minimum atomic E-state index is -0.691. The molecule has 3 atom stereocenters. The molecule has 0 aliphatic carbocycles. The molecule has 2 aromatic heterocycles. The van der Waals surface area contributed by atoms with Gasteiger partial charge in [0.05, 0.1) is 12.1 Å². The molecule has 2 aromatic carbocycles. The second-order valence-electron chi connectivity index (χ2n) is 11.3. The number of fused-ring (bicyclic) bond motifs is 4. The van der Waals surface area contributed by atoms with Crippen LogP contribution in [0, 0.1) is 5.41 Å². The first-order valence-corrected chi connectivity index (χ1v) is 12.8. The van der Waals surface area contributed by atoms with Gasteiger partial charge in [-0.2, -0.15) is 0 Å². The highest BCUT2D eigenvalue weighted by Gasteiger charge is 2.50. The lowest BCUT2D eigenvalue weighted by atomic mass is 9.85. The normalized spacial score (nSPS) is 20.1. The molecule has 2 bridgehead atoms. The molecule has 190 valence electrons. The molecule has 8 nitrogen and oxygen atoms in total. The van der Waals surface area contributed by atoms with Crippen molar-refractivity contribution in [1.29, 1.82) is 0 Å². The lowest BCUT2D eigenvalue weighted by Crippen LogP contribution is -2.59. The van der Waals surface area contributed by atoms with Gasteiger partial charge in [-0.3, -0.25) is 14.4 Å². The van der Waals surface area contributed by atoms with Crippen LogP contribution in [0.1, 0.15) is 48.2 Å². The Morgan fingerprint density at radius 3 is 1.95 bits per heavy atom. The molecule has 2 aliphatic heterocycles. The molecule has 6 rings (SSSR count). The van der Waals surface area contributed by atoms with Gasteiger partial charge < -0.3 is 25.1 Å². The Morgan fingerprint density at radius 1 is 0.838 bits per heavy atom. The molecule has 0 radical (unpaired) electrons. The minimum Gasteiger partial charge on any atom is -0.351 e. The number of aromatic nitrogens is 2. The van der Waals surface area contributed by atoms with Crippen LogP contribution in [0.2, 0.25) is 0 Å². The third kappa shape index (κ3) is 4.06. The Morgan fingerprint density at radius 2 is 1.38 bits per heavy atom. The Labute approximate surface area is 215 Å². The first-order chi connectivity index (χ1) is 17.7. The van der Waals surface area contributed by atoms with Crippen molar-refractivity contribution in [2.24, 2.45) is 5.41 Å². The predicted molar refractivity (Wildman–Crippen MR) is 142 cm³/mol. The van der Waals surface area contributed by atoms with Crippen molar-refractivity contribution in [3.05, 3.63) is 72.1 Å². The van der Waals surface area contributed by atoms with Gasteiger partial charge in [0.2, 0.25) is 5.91 Å². The van der Waals surface area contributed by atoms with Crippen LogP contribution in [0.5, 0.6) is 0 Å². The summed E-state index contributed by atoms with van der Waals surface area (Å²) in [6.07, 6.45) is 0.754. The van der Waals surface area contributed by atoms with E-state index in [1.807, 2.05) is 85.2 Å². The van der Waals surface area contributed by atoms with Crippen LogP contribution in [0.4, 0.5) is 0 Å². The van der Waals surface area contributed by atoms with E-state index in [1.165, 1.54) is 0 Å². The largest absolute Gasteiger partial charge is 0.351 e. The van der Waals surface area contributed by atoms with Gasteiger partial charge in [0.25, 0.3) is 11.8 Å². The van der Waals surface area contributed by atoms with Crippen LogP contribution in [-0.4, -0.2) is 68.7 Å². The van der Waals surface area contributed by atoms with Crippen molar-refractivity contribution < 1.29 is 14.4 Å². The monoisotopic (exact) mass is 497 g/mol. The second kappa shape index (κ2) is 8.50. The van der Waals surface area contributed by atoms with Crippen LogP contribution >= 0.6 is 0 Å². The molecule has 2 fully saturated rings. The highest BCUT2D eigenvalue weighted by Crippen LogP contribution is 2.34. The number of nitrogens with one attached hydrogen (secondary N) is 3. The predicted octanol–water partition coefficient (Wildman–Crippen LogP) is 3.92. The molecule has 0 unspecified atom stereocenters. The molecule has 3 amide bonds. The van der Waals surface area contributed by atoms with Crippen molar-refractivity contribution in [1.82, 2.24) is 25.1 Å². The molecule has 0 spiro atoms. The van der Waals surface area contributed by atoms with Gasteiger partial charge >= 0.3 is 0 Å². The summed E-state index contributed by atoms with van der Waals surface area (Å²) in [5, 5.41) is 4.95. The number of hydrogen-bond donors (Lipinski definition) is 3. The molecule has 2 saturated heterocycles. The molecule has 0 saturated carbocycles. The van der Waals surface area contributed by atoms with E-state index < -0.39 is 11.5 Å². The van der Waals surface area contributed by atoms with E-state index in [0.717, 1.165) is 28.2 Å². The average Bonchev–Trinajstić information content (AvgIpc) is 3.66. The van der Waals surface area contributed by atoms with Crippen molar-refractivity contribution >= 4 is 39.5 Å². The smallest absolute Gasteiger partial charge is 0.270 e. The van der Waals surface area contributed by atoms with E-state index in [4.69, 9.17) is 0 Å². The highest BCUT2D eigenvalue weighted by molar-refractivity contribution is 6.01. The Bertz CT molecular complexity index is 1460. The summed E-state index contributed by atoms with van der Waals surface area (Å²) in [7, 11) is 0. The Balaban J connectivity index is 1.17. The number of likely N-dealkylation sites (tertiary alicyclic amines) is 2. The summed E-state index contributed by atoms with van der Waals surface area (Å²) in [6.45, 7) is 6.85. The highest BCUT2D eigenvalue weighted by atomic mass is 16.2. The first-order valence-electron chi connectivity index (χ1n) is 12.8. The van der Waals surface area contributed by atoms with Crippen LogP contribution in [0.15, 0.2) is 60.7 Å². The number of carbonyl (C=O) groups is 3. The molecule has 4 heterocycles. The topological polar surface area (TPSA) is 101 Å². The van der Waals surface area contributed by atoms with E-state index in [-0.39, 0.29) is 29.8 Å². The number of piperazine rings is 1. The Kier molecular flexibility index (Phi) is 5.36. The van der Waals surface area contributed by atoms with Gasteiger partial charge in [-0.05, 0) is 36.1 Å². The van der Waals surface area contributed by atoms with Crippen molar-refractivity contribution in [3.63, 3.8) is 0 Å². The number of amides is 3. The Hall–Kier alpha value is -4.07. The van der Waals surface area contributed by atoms with Crippen LogP contribution in [-0.2, 0) is 4.79 Å². The lowest BCUT2D eigenvalue weighted by Gasteiger charge is -2.39. The molecular formula is C29H31N5O3. The maximum atomic E-state index is 13.8. The average molecular weight is 498 g/mol. The number of nitrogens with zero attached hydrogens (tertiary/aromatic N) is 2. The maximum absolute atomic E-state index is 13.8. The number of aromatic amines is 2. The van der Waals surface area contributed by atoms with Crippen molar-refractivity contribution in [3.8, 4) is 0 Å². The number of benzene rings is 2. The maximum Gasteiger partial charge on any atom is 0.270 e. The molecule has 37 heavy (non-hydrogen) atoms. The van der Waals surface area contributed by atoms with E-state index in [9.17, 15) is 14.4 Å². The van der Waals surface area contributed by atoms with E-state index >= 15 is 0 Å². The lowest BCUT2D eigenvalue weighted by molar-refractivity contribution is -0.138. The van der Waals surface area contributed by atoms with Gasteiger partial charge in [-0.1, -0.05) is 57.2 Å². The van der Waals surface area contributed by atoms with Gasteiger partial charge in [-0.25, -0.2) is 0 Å². The number of rotatable bonds is 4. The van der Waals surface area contributed by atoms with Crippen molar-refractivity contribution in [2.75, 3.05) is 13.1 Å². The minimum absolute atomic E-state index is 0.0297. The van der Waals surface area contributed by atoms with Gasteiger partial charge in [0, 0.05) is 34.9 Å². The summed E-state index contributed by atoms with van der Waals surface area (Å²) in [4.78, 5) is 50.3. The molecule has 3 N–H and O–H groups in total. The zero-order valence-electron chi connectivity index (χ0n) is 21.2.